The zero-order valence-corrected chi connectivity index (χ0v) is 18.5. The van der Waals surface area contributed by atoms with E-state index in [1.165, 1.54) is 4.90 Å². The van der Waals surface area contributed by atoms with Crippen LogP contribution < -0.4 is 4.90 Å². The van der Waals surface area contributed by atoms with Crippen molar-refractivity contribution in [3.05, 3.63) is 53.9 Å². The highest BCUT2D eigenvalue weighted by atomic mass is 16.6. The van der Waals surface area contributed by atoms with Crippen LogP contribution >= 0.6 is 0 Å². The Labute approximate surface area is 181 Å². The van der Waals surface area contributed by atoms with E-state index in [-0.39, 0.29) is 0 Å². The van der Waals surface area contributed by atoms with Gasteiger partial charge in [0.15, 0.2) is 0 Å². The Kier molecular flexibility index (Phi) is 6.58. The summed E-state index contributed by atoms with van der Waals surface area (Å²) in [6, 6.07) is 10.1. The molecule has 8 nitrogen and oxygen atoms in total. The second-order valence-electron chi connectivity index (χ2n) is 8.05. The number of rotatable bonds is 6. The minimum absolute atomic E-state index is 0.290. The first-order valence-corrected chi connectivity index (χ1v) is 10.3. The number of pyridine rings is 1. The number of nitrogens with zero attached hydrogens (tertiary/aromatic N) is 3. The highest BCUT2D eigenvalue weighted by molar-refractivity contribution is 5.96. The number of fused-ring (bicyclic) bond motifs is 1. The molecule has 3 aromatic rings. The maximum Gasteiger partial charge on any atom is 0.416 e. The van der Waals surface area contributed by atoms with Gasteiger partial charge in [0.1, 0.15) is 11.4 Å². The Morgan fingerprint density at radius 3 is 2.55 bits per heavy atom. The number of anilines is 1. The molecule has 1 aromatic carbocycles. The summed E-state index contributed by atoms with van der Waals surface area (Å²) in [6.07, 6.45) is 1.66. The Morgan fingerprint density at radius 1 is 1.16 bits per heavy atom. The Balaban J connectivity index is 2.10. The molecule has 1 unspecified atom stereocenters. The van der Waals surface area contributed by atoms with Crippen LogP contribution in [0.15, 0.2) is 42.6 Å². The van der Waals surface area contributed by atoms with E-state index < -0.39 is 23.7 Å². The molecule has 31 heavy (non-hydrogen) atoms. The lowest BCUT2D eigenvalue weighted by Gasteiger charge is -2.31. The third-order valence-electron chi connectivity index (χ3n) is 4.60. The quantitative estimate of drug-likeness (QED) is 0.558. The number of aromatic amines is 1. The van der Waals surface area contributed by atoms with Crippen molar-refractivity contribution in [3.8, 4) is 0 Å². The van der Waals surface area contributed by atoms with E-state index in [0.717, 1.165) is 10.9 Å². The van der Waals surface area contributed by atoms with E-state index in [0.29, 0.717) is 30.1 Å². The standard InChI is InChI=1S/C23H28N4O4/c1-6-18(27(19-10-8-9-13-24-19)22(29)31-23(3,4)5)20-16-14-15(21(28)30-7-2)11-12-17(16)25-26-20/h8-14,18H,6-7H2,1-5H3,(H,25,26). The Morgan fingerprint density at radius 2 is 1.94 bits per heavy atom. The molecule has 1 atom stereocenters. The van der Waals surface area contributed by atoms with Crippen LogP contribution in [0.2, 0.25) is 0 Å². The average molecular weight is 425 g/mol. The lowest BCUT2D eigenvalue weighted by molar-refractivity contribution is 0.0523. The molecule has 1 N–H and O–H groups in total. The summed E-state index contributed by atoms with van der Waals surface area (Å²) in [5, 5.41) is 8.22. The van der Waals surface area contributed by atoms with Crippen LogP contribution in [0.5, 0.6) is 0 Å². The second kappa shape index (κ2) is 9.16. The monoisotopic (exact) mass is 424 g/mol. The van der Waals surface area contributed by atoms with E-state index in [4.69, 9.17) is 9.47 Å². The van der Waals surface area contributed by atoms with Crippen molar-refractivity contribution >= 4 is 28.8 Å². The lowest BCUT2D eigenvalue weighted by Crippen LogP contribution is -2.40. The predicted octanol–water partition coefficient (Wildman–Crippen LogP) is 5.03. The third kappa shape index (κ3) is 5.02. The summed E-state index contributed by atoms with van der Waals surface area (Å²) < 4.78 is 10.8. The first-order chi connectivity index (χ1) is 14.7. The summed E-state index contributed by atoms with van der Waals surface area (Å²) in [6.45, 7) is 9.46. The zero-order chi connectivity index (χ0) is 22.6. The number of amides is 1. The van der Waals surface area contributed by atoms with Crippen molar-refractivity contribution in [2.24, 2.45) is 0 Å². The Hall–Kier alpha value is -3.42. The molecule has 0 radical (unpaired) electrons. The molecule has 2 heterocycles. The largest absolute Gasteiger partial charge is 0.462 e. The smallest absolute Gasteiger partial charge is 0.416 e. The number of hydrogen-bond acceptors (Lipinski definition) is 6. The molecule has 3 rings (SSSR count). The van der Waals surface area contributed by atoms with Gasteiger partial charge in [-0.1, -0.05) is 13.0 Å². The number of carbonyl (C=O) groups is 2. The van der Waals surface area contributed by atoms with E-state index in [1.807, 2.05) is 33.8 Å². The highest BCUT2D eigenvalue weighted by Crippen LogP contribution is 2.33. The molecule has 0 aliphatic heterocycles. The summed E-state index contributed by atoms with van der Waals surface area (Å²) >= 11 is 0. The van der Waals surface area contributed by atoms with E-state index in [1.54, 1.807) is 43.5 Å². The van der Waals surface area contributed by atoms with E-state index in [2.05, 4.69) is 15.2 Å². The van der Waals surface area contributed by atoms with Crippen molar-refractivity contribution in [1.29, 1.82) is 0 Å². The molecule has 0 aliphatic rings. The molecule has 0 aliphatic carbocycles. The number of aromatic nitrogens is 3. The first kappa shape index (κ1) is 22.3. The van der Waals surface area contributed by atoms with Gasteiger partial charge in [-0.2, -0.15) is 5.10 Å². The van der Waals surface area contributed by atoms with Crippen molar-refractivity contribution in [2.45, 2.75) is 52.7 Å². The molecular formula is C23H28N4O4. The number of hydrogen-bond donors (Lipinski definition) is 1. The topological polar surface area (TPSA) is 97.4 Å². The van der Waals surface area contributed by atoms with Crippen LogP contribution in [-0.2, 0) is 9.47 Å². The van der Waals surface area contributed by atoms with E-state index in [9.17, 15) is 9.59 Å². The van der Waals surface area contributed by atoms with Gasteiger partial charge in [0, 0.05) is 11.6 Å². The number of ether oxygens (including phenoxy) is 2. The van der Waals surface area contributed by atoms with Gasteiger partial charge in [-0.05, 0) is 64.4 Å². The summed E-state index contributed by atoms with van der Waals surface area (Å²) in [5.41, 5.74) is 1.13. The van der Waals surface area contributed by atoms with Gasteiger partial charge in [0.05, 0.1) is 29.4 Å². The minimum Gasteiger partial charge on any atom is -0.462 e. The van der Waals surface area contributed by atoms with Gasteiger partial charge in [-0.25, -0.2) is 14.6 Å². The van der Waals surface area contributed by atoms with Gasteiger partial charge >= 0.3 is 12.1 Å². The molecule has 164 valence electrons. The predicted molar refractivity (Wildman–Crippen MR) is 118 cm³/mol. The third-order valence-corrected chi connectivity index (χ3v) is 4.60. The van der Waals surface area contributed by atoms with Gasteiger partial charge < -0.3 is 9.47 Å². The SMILES string of the molecule is CCOC(=O)c1ccc2[nH]nc(C(CC)N(C(=O)OC(C)(C)C)c3ccccn3)c2c1. The van der Waals surface area contributed by atoms with E-state index >= 15 is 0 Å². The van der Waals surface area contributed by atoms with Gasteiger partial charge in [0.25, 0.3) is 0 Å². The van der Waals surface area contributed by atoms with Crippen molar-refractivity contribution < 1.29 is 19.1 Å². The van der Waals surface area contributed by atoms with Crippen molar-refractivity contribution in [2.75, 3.05) is 11.5 Å². The van der Waals surface area contributed by atoms with Crippen LogP contribution in [0.1, 0.15) is 63.1 Å². The summed E-state index contributed by atoms with van der Waals surface area (Å²) in [5.74, 6) is 0.0552. The molecule has 0 bridgehead atoms. The van der Waals surface area contributed by atoms with Crippen LogP contribution in [0.4, 0.5) is 10.6 Å². The lowest BCUT2D eigenvalue weighted by atomic mass is 10.0. The Bertz CT molecular complexity index is 1060. The summed E-state index contributed by atoms with van der Waals surface area (Å²) in [4.78, 5) is 31.3. The maximum absolute atomic E-state index is 13.2. The van der Waals surface area contributed by atoms with Crippen molar-refractivity contribution in [3.63, 3.8) is 0 Å². The van der Waals surface area contributed by atoms with Gasteiger partial charge in [-0.15, -0.1) is 0 Å². The normalized spacial score (nSPS) is 12.4. The molecule has 2 aromatic heterocycles. The number of esters is 1. The van der Waals surface area contributed by atoms with Crippen LogP contribution in [0.3, 0.4) is 0 Å². The van der Waals surface area contributed by atoms with Gasteiger partial charge in [-0.3, -0.25) is 10.00 Å². The fourth-order valence-electron chi connectivity index (χ4n) is 3.32. The number of carbonyl (C=O) groups excluding carboxylic acids is 2. The number of nitrogens with one attached hydrogen (secondary N) is 1. The molecule has 0 spiro atoms. The maximum atomic E-state index is 13.2. The molecule has 0 fully saturated rings. The van der Waals surface area contributed by atoms with Gasteiger partial charge in [0.2, 0.25) is 0 Å². The highest BCUT2D eigenvalue weighted by Gasteiger charge is 2.33. The van der Waals surface area contributed by atoms with Crippen molar-refractivity contribution in [1.82, 2.24) is 15.2 Å². The molecule has 0 saturated heterocycles. The summed E-state index contributed by atoms with van der Waals surface area (Å²) in [7, 11) is 0. The second-order valence-corrected chi connectivity index (χ2v) is 8.05. The average Bonchev–Trinajstić information content (AvgIpc) is 3.14. The fourth-order valence-corrected chi connectivity index (χ4v) is 3.32. The molecule has 0 saturated carbocycles. The minimum atomic E-state index is -0.673. The molecular weight excluding hydrogens is 396 g/mol. The van der Waals surface area contributed by atoms with Crippen LogP contribution in [0.25, 0.3) is 10.9 Å². The fraction of sp³-hybridized carbons (Fsp3) is 0.391. The van der Waals surface area contributed by atoms with Crippen LogP contribution in [0, 0.1) is 0 Å². The number of H-pyrrole nitrogens is 1. The molecule has 1 amide bonds. The first-order valence-electron chi connectivity index (χ1n) is 10.3. The zero-order valence-electron chi connectivity index (χ0n) is 18.5. The number of benzene rings is 1. The van der Waals surface area contributed by atoms with Crippen LogP contribution in [-0.4, -0.2) is 39.5 Å². The molecule has 8 heteroatoms.